The Morgan fingerprint density at radius 2 is 1.58 bits per heavy atom. The predicted octanol–water partition coefficient (Wildman–Crippen LogP) is 3.64. The molecule has 1 aromatic rings. The molecule has 0 radical (unpaired) electrons. The summed E-state index contributed by atoms with van der Waals surface area (Å²) in [6, 6.07) is 7.30. The zero-order valence-electron chi connectivity index (χ0n) is 20.3. The molecular formula is C25H39N3O4S. The number of carbonyl (C=O) groups is 2. The van der Waals surface area contributed by atoms with Crippen molar-refractivity contribution in [1.82, 2.24) is 14.1 Å². The number of piperazine rings is 1. The number of amides is 2. The van der Waals surface area contributed by atoms with Crippen molar-refractivity contribution in [2.45, 2.75) is 83.6 Å². The van der Waals surface area contributed by atoms with E-state index < -0.39 is 10.0 Å². The van der Waals surface area contributed by atoms with Gasteiger partial charge in [0.25, 0.3) is 5.91 Å². The average Bonchev–Trinajstić information content (AvgIpc) is 2.80. The second-order valence-corrected chi connectivity index (χ2v) is 11.6. The molecule has 2 atom stereocenters. The summed E-state index contributed by atoms with van der Waals surface area (Å²) in [5.41, 5.74) is 1.49. The number of sulfonamides is 1. The molecule has 2 amide bonds. The molecule has 184 valence electrons. The molecule has 2 aliphatic heterocycles. The van der Waals surface area contributed by atoms with Gasteiger partial charge in [-0.05, 0) is 43.9 Å². The Bertz CT molecular complexity index is 908. The van der Waals surface area contributed by atoms with Crippen molar-refractivity contribution >= 4 is 21.8 Å². The van der Waals surface area contributed by atoms with Crippen LogP contribution in [0.1, 0.15) is 81.6 Å². The predicted molar refractivity (Wildman–Crippen MR) is 130 cm³/mol. The van der Waals surface area contributed by atoms with Crippen LogP contribution < -0.4 is 0 Å². The highest BCUT2D eigenvalue weighted by molar-refractivity contribution is 7.89. The van der Waals surface area contributed by atoms with E-state index in [1.807, 2.05) is 19.1 Å². The normalized spacial score (nSPS) is 23.5. The first-order valence-corrected chi connectivity index (χ1v) is 13.9. The lowest BCUT2D eigenvalue weighted by Gasteiger charge is -2.37. The number of hydrogen-bond donors (Lipinski definition) is 0. The summed E-state index contributed by atoms with van der Waals surface area (Å²) >= 11 is 0. The SMILES string of the molecule is CCCCCCC1CCC(C)N(Cc2ccc(C(=O)N3CCN(C(C)=O)CC3)cc2)S1(=O)=O. The molecule has 3 rings (SSSR count). The zero-order valence-corrected chi connectivity index (χ0v) is 21.1. The second kappa shape index (κ2) is 11.5. The number of rotatable bonds is 8. The molecule has 33 heavy (non-hydrogen) atoms. The third-order valence-electron chi connectivity index (χ3n) is 7.08. The van der Waals surface area contributed by atoms with E-state index in [4.69, 9.17) is 0 Å². The molecule has 0 saturated carbocycles. The van der Waals surface area contributed by atoms with Crippen molar-refractivity contribution in [1.29, 1.82) is 0 Å². The molecule has 2 fully saturated rings. The average molecular weight is 478 g/mol. The van der Waals surface area contributed by atoms with Crippen LogP contribution in [-0.4, -0.2) is 71.8 Å². The standard InChI is InChI=1S/C25H39N3O4S/c1-4-5-6-7-8-24-14-9-20(2)28(33(24,31)32)19-22-10-12-23(13-11-22)25(30)27-17-15-26(16-18-27)21(3)29/h10-13,20,24H,4-9,14-19H2,1-3H3. The molecule has 8 heteroatoms. The molecule has 7 nitrogen and oxygen atoms in total. The van der Waals surface area contributed by atoms with Gasteiger partial charge in [0.15, 0.2) is 0 Å². The van der Waals surface area contributed by atoms with Crippen LogP contribution in [0.15, 0.2) is 24.3 Å². The minimum Gasteiger partial charge on any atom is -0.339 e. The Morgan fingerprint density at radius 1 is 0.939 bits per heavy atom. The van der Waals surface area contributed by atoms with Gasteiger partial charge in [0.05, 0.1) is 5.25 Å². The summed E-state index contributed by atoms with van der Waals surface area (Å²) in [7, 11) is -3.33. The van der Waals surface area contributed by atoms with Crippen molar-refractivity contribution < 1.29 is 18.0 Å². The molecule has 2 heterocycles. The molecular weight excluding hydrogens is 438 g/mol. The Morgan fingerprint density at radius 3 is 2.18 bits per heavy atom. The van der Waals surface area contributed by atoms with Crippen LogP contribution in [0, 0.1) is 0 Å². The van der Waals surface area contributed by atoms with Crippen molar-refractivity contribution in [2.75, 3.05) is 26.2 Å². The second-order valence-electron chi connectivity index (χ2n) is 9.48. The minimum absolute atomic E-state index is 0.0132. The lowest BCUT2D eigenvalue weighted by molar-refractivity contribution is -0.130. The molecule has 0 aromatic heterocycles. The summed E-state index contributed by atoms with van der Waals surface area (Å²) in [5.74, 6) is -0.00704. The number of benzene rings is 1. The van der Waals surface area contributed by atoms with Gasteiger partial charge < -0.3 is 9.80 Å². The van der Waals surface area contributed by atoms with Crippen LogP contribution in [0.4, 0.5) is 0 Å². The first kappa shape index (κ1) is 25.7. The van der Waals surface area contributed by atoms with E-state index in [9.17, 15) is 18.0 Å². The third-order valence-corrected chi connectivity index (χ3v) is 9.53. The lowest BCUT2D eigenvalue weighted by atomic mass is 10.0. The maximum atomic E-state index is 13.3. The van der Waals surface area contributed by atoms with Crippen LogP contribution in [0.3, 0.4) is 0 Å². The fraction of sp³-hybridized carbons (Fsp3) is 0.680. The molecule has 1 aromatic carbocycles. The molecule has 2 unspecified atom stereocenters. The Hall–Kier alpha value is -1.93. The van der Waals surface area contributed by atoms with Gasteiger partial charge in [0, 0.05) is 51.3 Å². The van der Waals surface area contributed by atoms with Crippen molar-refractivity contribution in [3.8, 4) is 0 Å². The fourth-order valence-corrected chi connectivity index (χ4v) is 7.06. The van der Waals surface area contributed by atoms with E-state index in [1.54, 1.807) is 33.2 Å². The van der Waals surface area contributed by atoms with Crippen molar-refractivity contribution in [3.63, 3.8) is 0 Å². The maximum absolute atomic E-state index is 13.3. The van der Waals surface area contributed by atoms with Gasteiger partial charge in [0.1, 0.15) is 0 Å². The molecule has 2 aliphatic rings. The Balaban J connectivity index is 1.61. The summed E-state index contributed by atoms with van der Waals surface area (Å²) in [4.78, 5) is 27.9. The third kappa shape index (κ3) is 6.35. The number of carbonyl (C=O) groups excluding carboxylic acids is 2. The van der Waals surface area contributed by atoms with Crippen LogP contribution in [0.5, 0.6) is 0 Å². The number of nitrogens with zero attached hydrogens (tertiary/aromatic N) is 3. The van der Waals surface area contributed by atoms with Gasteiger partial charge >= 0.3 is 0 Å². The highest BCUT2D eigenvalue weighted by Crippen LogP contribution is 2.31. The number of unbranched alkanes of at least 4 members (excludes halogenated alkanes) is 3. The van der Waals surface area contributed by atoms with Crippen molar-refractivity contribution in [2.24, 2.45) is 0 Å². The van der Waals surface area contributed by atoms with Gasteiger partial charge in [-0.2, -0.15) is 4.31 Å². The van der Waals surface area contributed by atoms with Crippen LogP contribution in [-0.2, 0) is 21.4 Å². The highest BCUT2D eigenvalue weighted by atomic mass is 32.2. The van der Waals surface area contributed by atoms with E-state index in [1.165, 1.54) is 0 Å². The topological polar surface area (TPSA) is 78.0 Å². The largest absolute Gasteiger partial charge is 0.339 e. The van der Waals surface area contributed by atoms with E-state index in [0.717, 1.165) is 50.5 Å². The summed E-state index contributed by atoms with van der Waals surface area (Å²) in [6.07, 6.45) is 6.75. The zero-order chi connectivity index (χ0) is 24.0. The van der Waals surface area contributed by atoms with Gasteiger partial charge in [-0.15, -0.1) is 0 Å². The Labute approximate surface area is 199 Å². The van der Waals surface area contributed by atoms with Gasteiger partial charge in [-0.3, -0.25) is 9.59 Å². The van der Waals surface area contributed by atoms with Gasteiger partial charge in [0.2, 0.25) is 15.9 Å². The lowest BCUT2D eigenvalue weighted by Crippen LogP contribution is -2.50. The first-order chi connectivity index (χ1) is 15.7. The van der Waals surface area contributed by atoms with E-state index in [0.29, 0.717) is 38.3 Å². The van der Waals surface area contributed by atoms with Crippen LogP contribution in [0.2, 0.25) is 0 Å². The monoisotopic (exact) mass is 477 g/mol. The van der Waals surface area contributed by atoms with Gasteiger partial charge in [-0.25, -0.2) is 8.42 Å². The fourth-order valence-electron chi connectivity index (χ4n) is 4.84. The number of hydrogen-bond acceptors (Lipinski definition) is 4. The van der Waals surface area contributed by atoms with Gasteiger partial charge in [-0.1, -0.05) is 44.7 Å². The summed E-state index contributed by atoms with van der Waals surface area (Å²) in [6.45, 7) is 8.23. The van der Waals surface area contributed by atoms with E-state index >= 15 is 0 Å². The molecule has 0 spiro atoms. The summed E-state index contributed by atoms with van der Waals surface area (Å²) < 4.78 is 28.2. The quantitative estimate of drug-likeness (QED) is 0.536. The maximum Gasteiger partial charge on any atom is 0.253 e. The Kier molecular flexibility index (Phi) is 8.93. The van der Waals surface area contributed by atoms with E-state index in [2.05, 4.69) is 6.92 Å². The smallest absolute Gasteiger partial charge is 0.253 e. The first-order valence-electron chi connectivity index (χ1n) is 12.4. The highest BCUT2D eigenvalue weighted by Gasteiger charge is 2.39. The van der Waals surface area contributed by atoms with Crippen molar-refractivity contribution in [3.05, 3.63) is 35.4 Å². The van der Waals surface area contributed by atoms with E-state index in [-0.39, 0.29) is 23.1 Å². The molecule has 0 bridgehead atoms. The minimum atomic E-state index is -3.33. The molecule has 2 saturated heterocycles. The van der Waals surface area contributed by atoms with Crippen LogP contribution >= 0.6 is 0 Å². The molecule has 0 aliphatic carbocycles. The van der Waals surface area contributed by atoms with Crippen LogP contribution in [0.25, 0.3) is 0 Å². The molecule has 0 N–H and O–H groups in total. The summed E-state index contributed by atoms with van der Waals surface area (Å²) in [5, 5.41) is -0.278.